The van der Waals surface area contributed by atoms with Crippen LogP contribution in [0.15, 0.2) is 54.7 Å². The molecular formula is C28H34N4O2. The number of rotatable bonds is 7. The highest BCUT2D eigenvalue weighted by atomic mass is 16.5. The molecule has 2 aromatic carbocycles. The van der Waals surface area contributed by atoms with Crippen molar-refractivity contribution in [3.8, 4) is 11.1 Å². The van der Waals surface area contributed by atoms with E-state index in [1.54, 1.807) is 0 Å². The van der Waals surface area contributed by atoms with Gasteiger partial charge in [0.05, 0.1) is 24.6 Å². The van der Waals surface area contributed by atoms with Crippen LogP contribution in [0.5, 0.6) is 0 Å². The van der Waals surface area contributed by atoms with E-state index in [1.807, 2.05) is 24.4 Å². The van der Waals surface area contributed by atoms with Crippen molar-refractivity contribution in [2.45, 2.75) is 39.3 Å². The van der Waals surface area contributed by atoms with E-state index < -0.39 is 0 Å². The number of nitrogens with zero attached hydrogens (tertiary/aromatic N) is 2. The van der Waals surface area contributed by atoms with Crippen LogP contribution in [0.1, 0.15) is 32.4 Å². The SMILES string of the molecule is CCC(C)C1CC1NC(=O)Nc1ccc(-c2ccc(CN3CCOCC3)nc2)c2ccccc12. The first kappa shape index (κ1) is 22.8. The fraction of sp³-hybridized carbons (Fsp3) is 0.429. The normalized spacial score (nSPS) is 21.2. The summed E-state index contributed by atoms with van der Waals surface area (Å²) in [6.45, 7) is 8.82. The Labute approximate surface area is 201 Å². The topological polar surface area (TPSA) is 66.5 Å². The van der Waals surface area contributed by atoms with E-state index in [1.165, 1.54) is 0 Å². The number of carbonyl (C=O) groups excluding carboxylic acids is 1. The molecule has 0 bridgehead atoms. The quantitative estimate of drug-likeness (QED) is 0.505. The van der Waals surface area contributed by atoms with E-state index in [-0.39, 0.29) is 6.03 Å². The molecule has 178 valence electrons. The molecule has 3 aromatic rings. The van der Waals surface area contributed by atoms with Crippen LogP contribution >= 0.6 is 0 Å². The Morgan fingerprint density at radius 2 is 1.91 bits per heavy atom. The molecule has 2 heterocycles. The summed E-state index contributed by atoms with van der Waals surface area (Å²) in [5.74, 6) is 1.26. The molecule has 2 amide bonds. The molecule has 2 N–H and O–H groups in total. The molecule has 0 radical (unpaired) electrons. The predicted octanol–water partition coefficient (Wildman–Crippen LogP) is 5.29. The Kier molecular flexibility index (Phi) is 6.79. The minimum absolute atomic E-state index is 0.122. The van der Waals surface area contributed by atoms with Crippen molar-refractivity contribution in [1.82, 2.24) is 15.2 Å². The lowest BCUT2D eigenvalue weighted by atomic mass is 9.98. The maximum absolute atomic E-state index is 12.7. The van der Waals surface area contributed by atoms with E-state index >= 15 is 0 Å². The molecule has 1 saturated carbocycles. The minimum atomic E-state index is -0.122. The number of urea groups is 1. The van der Waals surface area contributed by atoms with Crippen molar-refractivity contribution in [2.24, 2.45) is 11.8 Å². The Morgan fingerprint density at radius 3 is 2.65 bits per heavy atom. The highest BCUT2D eigenvalue weighted by Crippen LogP contribution is 2.39. The number of benzene rings is 2. The fourth-order valence-corrected chi connectivity index (χ4v) is 4.96. The molecule has 3 atom stereocenters. The molecule has 1 aliphatic carbocycles. The second-order valence-electron chi connectivity index (χ2n) is 9.62. The first-order valence-electron chi connectivity index (χ1n) is 12.5. The molecule has 3 unspecified atom stereocenters. The zero-order valence-corrected chi connectivity index (χ0v) is 20.1. The van der Waals surface area contributed by atoms with Gasteiger partial charge in [-0.25, -0.2) is 4.79 Å². The van der Waals surface area contributed by atoms with Crippen LogP contribution < -0.4 is 10.6 Å². The van der Waals surface area contributed by atoms with Crippen molar-refractivity contribution >= 4 is 22.5 Å². The lowest BCUT2D eigenvalue weighted by Crippen LogP contribution is -2.35. The first-order chi connectivity index (χ1) is 16.6. The van der Waals surface area contributed by atoms with Gasteiger partial charge in [-0.15, -0.1) is 0 Å². The van der Waals surface area contributed by atoms with E-state index in [4.69, 9.17) is 9.72 Å². The van der Waals surface area contributed by atoms with E-state index in [0.717, 1.165) is 79.0 Å². The summed E-state index contributed by atoms with van der Waals surface area (Å²) in [5.41, 5.74) is 4.09. The average molecular weight is 459 g/mol. The molecule has 6 nitrogen and oxygen atoms in total. The van der Waals surface area contributed by atoms with Gasteiger partial charge in [0.25, 0.3) is 0 Å². The zero-order valence-electron chi connectivity index (χ0n) is 20.1. The third kappa shape index (κ3) is 5.08. The monoisotopic (exact) mass is 458 g/mol. The molecule has 1 saturated heterocycles. The number of nitrogens with one attached hydrogen (secondary N) is 2. The molecule has 2 aliphatic rings. The number of amides is 2. The van der Waals surface area contributed by atoms with Crippen LogP contribution in [0, 0.1) is 11.8 Å². The van der Waals surface area contributed by atoms with Crippen molar-refractivity contribution in [1.29, 1.82) is 0 Å². The van der Waals surface area contributed by atoms with Gasteiger partial charge in [0, 0.05) is 42.8 Å². The summed E-state index contributed by atoms with van der Waals surface area (Å²) in [6.07, 6.45) is 4.19. The highest BCUT2D eigenvalue weighted by molar-refractivity contribution is 6.07. The third-order valence-corrected chi connectivity index (χ3v) is 7.33. The highest BCUT2D eigenvalue weighted by Gasteiger charge is 2.41. The maximum atomic E-state index is 12.7. The predicted molar refractivity (Wildman–Crippen MR) is 137 cm³/mol. The standard InChI is InChI=1S/C28H34N4O2/c1-3-19(2)25-16-27(25)31-28(33)30-26-11-10-22(23-6-4-5-7-24(23)26)20-8-9-21(29-17-20)18-32-12-14-34-15-13-32/h4-11,17,19,25,27H,3,12-16,18H2,1-2H3,(H2,30,31,33). The van der Waals surface area contributed by atoms with Crippen LogP contribution in [-0.2, 0) is 11.3 Å². The first-order valence-corrected chi connectivity index (χ1v) is 12.5. The van der Waals surface area contributed by atoms with Crippen molar-refractivity contribution < 1.29 is 9.53 Å². The zero-order chi connectivity index (χ0) is 23.5. The van der Waals surface area contributed by atoms with Gasteiger partial charge in [-0.3, -0.25) is 9.88 Å². The van der Waals surface area contributed by atoms with E-state index in [9.17, 15) is 4.79 Å². The Morgan fingerprint density at radius 1 is 1.12 bits per heavy atom. The van der Waals surface area contributed by atoms with Gasteiger partial charge in [-0.05, 0) is 41.3 Å². The summed E-state index contributed by atoms with van der Waals surface area (Å²) < 4.78 is 5.44. The number of carbonyl (C=O) groups is 1. The smallest absolute Gasteiger partial charge is 0.319 e. The number of fused-ring (bicyclic) bond motifs is 1. The number of aromatic nitrogens is 1. The Hall–Kier alpha value is -2.96. The van der Waals surface area contributed by atoms with Crippen molar-refractivity contribution in [3.63, 3.8) is 0 Å². The van der Waals surface area contributed by atoms with E-state index in [2.05, 4.69) is 59.7 Å². The lowest BCUT2D eigenvalue weighted by Gasteiger charge is -2.26. The van der Waals surface area contributed by atoms with Gasteiger partial charge in [0.15, 0.2) is 0 Å². The Bertz CT molecular complexity index is 1140. The molecule has 2 fully saturated rings. The van der Waals surface area contributed by atoms with Crippen LogP contribution in [0.3, 0.4) is 0 Å². The Balaban J connectivity index is 1.31. The minimum Gasteiger partial charge on any atom is -0.379 e. The number of pyridine rings is 1. The molecular weight excluding hydrogens is 424 g/mol. The van der Waals surface area contributed by atoms with Gasteiger partial charge in [0.2, 0.25) is 0 Å². The molecule has 34 heavy (non-hydrogen) atoms. The summed E-state index contributed by atoms with van der Waals surface area (Å²) in [5, 5.41) is 8.37. The molecule has 6 heteroatoms. The van der Waals surface area contributed by atoms with Gasteiger partial charge in [-0.1, -0.05) is 56.7 Å². The summed E-state index contributed by atoms with van der Waals surface area (Å²) in [6, 6.07) is 16.7. The van der Waals surface area contributed by atoms with Gasteiger partial charge < -0.3 is 15.4 Å². The van der Waals surface area contributed by atoms with Crippen LogP contribution in [0.4, 0.5) is 10.5 Å². The second-order valence-corrected chi connectivity index (χ2v) is 9.62. The van der Waals surface area contributed by atoms with E-state index in [0.29, 0.717) is 17.9 Å². The fourth-order valence-electron chi connectivity index (χ4n) is 4.96. The van der Waals surface area contributed by atoms with Crippen LogP contribution in [0.2, 0.25) is 0 Å². The maximum Gasteiger partial charge on any atom is 0.319 e. The number of hydrogen-bond acceptors (Lipinski definition) is 4. The van der Waals surface area contributed by atoms with Gasteiger partial charge in [0.1, 0.15) is 0 Å². The largest absolute Gasteiger partial charge is 0.379 e. The number of hydrogen-bond donors (Lipinski definition) is 2. The van der Waals surface area contributed by atoms with Gasteiger partial charge >= 0.3 is 6.03 Å². The van der Waals surface area contributed by atoms with Crippen molar-refractivity contribution in [3.05, 3.63) is 60.4 Å². The molecule has 1 aromatic heterocycles. The second kappa shape index (κ2) is 10.1. The molecule has 1 aliphatic heterocycles. The summed E-state index contributed by atoms with van der Waals surface area (Å²) in [4.78, 5) is 19.8. The van der Waals surface area contributed by atoms with Crippen LogP contribution in [-0.4, -0.2) is 48.3 Å². The average Bonchev–Trinajstić information content (AvgIpc) is 3.64. The summed E-state index contributed by atoms with van der Waals surface area (Å²) >= 11 is 0. The number of ether oxygens (including phenoxy) is 1. The lowest BCUT2D eigenvalue weighted by molar-refractivity contribution is 0.0336. The third-order valence-electron chi connectivity index (χ3n) is 7.33. The van der Waals surface area contributed by atoms with Crippen LogP contribution in [0.25, 0.3) is 21.9 Å². The van der Waals surface area contributed by atoms with Gasteiger partial charge in [-0.2, -0.15) is 0 Å². The number of morpholine rings is 1. The number of anilines is 1. The summed E-state index contributed by atoms with van der Waals surface area (Å²) in [7, 11) is 0. The molecule has 0 spiro atoms. The molecule has 5 rings (SSSR count). The van der Waals surface area contributed by atoms with Crippen molar-refractivity contribution in [2.75, 3.05) is 31.6 Å².